The number of rotatable bonds is 13. The number of aromatic nitrogens is 2. The van der Waals surface area contributed by atoms with Gasteiger partial charge in [-0.1, -0.05) is 122 Å². The Bertz CT molecular complexity index is 2020. The third-order valence-corrected chi connectivity index (χ3v) is 19.6. The van der Waals surface area contributed by atoms with E-state index >= 15 is 0 Å². The molecule has 7 heteroatoms. The number of aliphatic hydroxyl groups excluding tert-OH is 1. The van der Waals surface area contributed by atoms with E-state index in [0.717, 1.165) is 42.5 Å². The van der Waals surface area contributed by atoms with Crippen LogP contribution in [0.25, 0.3) is 42.3 Å². The van der Waals surface area contributed by atoms with Gasteiger partial charge in [-0.15, -0.1) is 40.1 Å². The van der Waals surface area contributed by atoms with E-state index in [4.69, 9.17) is 9.97 Å². The number of carbonyl (C=O) groups excluding carboxylic acids is 1. The molecule has 6 rings (SSSR count). The van der Waals surface area contributed by atoms with Crippen molar-refractivity contribution in [3.63, 3.8) is 0 Å². The molecular formula is C47H63IrN2O2SSi-. The smallest absolute Gasteiger partial charge is 0.162 e. The van der Waals surface area contributed by atoms with Crippen molar-refractivity contribution in [1.29, 1.82) is 0 Å². The molecule has 0 aliphatic heterocycles. The first-order valence-electron chi connectivity index (χ1n) is 20.6. The number of allylic oxidation sites excluding steroid dienone is 2. The van der Waals surface area contributed by atoms with E-state index in [9.17, 15) is 9.90 Å². The summed E-state index contributed by atoms with van der Waals surface area (Å²) in [7, 11) is -1.62. The zero-order valence-corrected chi connectivity index (χ0v) is 38.5. The first-order chi connectivity index (χ1) is 25.5. The fourth-order valence-electron chi connectivity index (χ4n) is 8.67. The van der Waals surface area contributed by atoms with Gasteiger partial charge in [-0.25, -0.2) is 4.98 Å². The minimum Gasteiger partial charge on any atom is -0.512 e. The molecule has 1 radical (unpaired) electrons. The summed E-state index contributed by atoms with van der Waals surface area (Å²) in [6.07, 6.45) is 11.9. The molecule has 0 unspecified atom stereocenters. The largest absolute Gasteiger partial charge is 0.512 e. The summed E-state index contributed by atoms with van der Waals surface area (Å²) < 4.78 is 2.53. The van der Waals surface area contributed by atoms with Gasteiger partial charge in [-0.3, -0.25) is 9.78 Å². The van der Waals surface area contributed by atoms with Crippen LogP contribution in [-0.4, -0.2) is 28.9 Å². The summed E-state index contributed by atoms with van der Waals surface area (Å²) in [6.45, 7) is 20.1. The van der Waals surface area contributed by atoms with Gasteiger partial charge in [0.2, 0.25) is 0 Å². The molecule has 1 N–H and O–H groups in total. The van der Waals surface area contributed by atoms with Crippen LogP contribution in [0.5, 0.6) is 0 Å². The van der Waals surface area contributed by atoms with Gasteiger partial charge < -0.3 is 5.11 Å². The van der Waals surface area contributed by atoms with Crippen molar-refractivity contribution in [3.8, 4) is 11.3 Å². The zero-order valence-electron chi connectivity index (χ0n) is 34.3. The fourth-order valence-corrected chi connectivity index (χ4v) is 13.8. The minimum absolute atomic E-state index is 0. The predicted octanol–water partition coefficient (Wildman–Crippen LogP) is 13.7. The molecule has 0 spiro atoms. The average molecular weight is 940 g/mol. The van der Waals surface area contributed by atoms with Crippen molar-refractivity contribution in [2.75, 3.05) is 0 Å². The molecule has 0 amide bonds. The summed E-state index contributed by atoms with van der Waals surface area (Å²) in [4.78, 5) is 21.4. The second-order valence-electron chi connectivity index (χ2n) is 16.2. The topological polar surface area (TPSA) is 63.1 Å². The van der Waals surface area contributed by atoms with Crippen molar-refractivity contribution in [3.05, 3.63) is 78.3 Å². The standard InChI is InChI=1S/C34H39N2SSi.C13H24O2.Ir/c1-6-38(7-2,8-3)30-21-26(19-25-11-9-10-12-27(25)30)31-33-32(36-22-35-31)28-14-13-24(20-29(28)37-33)23-15-17-34(4,5)18-16-23;1-5-10(6-2)12(14)9-13(15)11(7-3)8-4;/h9-14,20-23H,6-8,15-18H2,1-5H3;9-11,14H,5-8H2,1-4H3;/q-1;;/b;12-9-;. The number of benzene rings is 3. The van der Waals surface area contributed by atoms with Crippen LogP contribution in [0.3, 0.4) is 0 Å². The van der Waals surface area contributed by atoms with Crippen LogP contribution in [-0.2, 0) is 24.9 Å². The molecule has 3 aromatic carbocycles. The minimum atomic E-state index is -1.62. The third kappa shape index (κ3) is 9.45. The van der Waals surface area contributed by atoms with Crippen LogP contribution in [0.1, 0.15) is 125 Å². The Balaban J connectivity index is 0.000000347. The molecule has 1 aliphatic carbocycles. The molecule has 1 saturated carbocycles. The van der Waals surface area contributed by atoms with E-state index in [1.807, 2.05) is 39.0 Å². The van der Waals surface area contributed by atoms with Gasteiger partial charge >= 0.3 is 0 Å². The summed E-state index contributed by atoms with van der Waals surface area (Å²) >= 11 is 1.86. The number of fused-ring (bicyclic) bond motifs is 4. The molecule has 54 heavy (non-hydrogen) atoms. The fraction of sp³-hybridized carbons (Fsp3) is 0.511. The van der Waals surface area contributed by atoms with Crippen LogP contribution < -0.4 is 5.19 Å². The second kappa shape index (κ2) is 19.4. The van der Waals surface area contributed by atoms with E-state index in [2.05, 4.69) is 89.2 Å². The van der Waals surface area contributed by atoms with Gasteiger partial charge in [0.25, 0.3) is 0 Å². The molecule has 293 valence electrons. The van der Waals surface area contributed by atoms with Gasteiger partial charge in [0.05, 0.1) is 19.3 Å². The van der Waals surface area contributed by atoms with E-state index in [-0.39, 0.29) is 43.5 Å². The van der Waals surface area contributed by atoms with Crippen LogP contribution in [0.4, 0.5) is 0 Å². The first-order valence-corrected chi connectivity index (χ1v) is 24.0. The first kappa shape index (κ1) is 44.0. The summed E-state index contributed by atoms with van der Waals surface area (Å²) in [5, 5.41) is 15.2. The van der Waals surface area contributed by atoms with Gasteiger partial charge in [0, 0.05) is 58.5 Å². The normalized spacial score (nSPS) is 15.1. The maximum Gasteiger partial charge on any atom is 0.162 e. The molecule has 0 atom stereocenters. The van der Waals surface area contributed by atoms with Crippen LogP contribution in [0.15, 0.2) is 66.7 Å². The second-order valence-corrected chi connectivity index (χ2v) is 22.5. The van der Waals surface area contributed by atoms with Crippen molar-refractivity contribution < 1.29 is 30.0 Å². The van der Waals surface area contributed by atoms with Gasteiger partial charge in [0.15, 0.2) is 5.78 Å². The van der Waals surface area contributed by atoms with Gasteiger partial charge in [-0.2, -0.15) is 0 Å². The summed E-state index contributed by atoms with van der Waals surface area (Å²) in [6, 6.07) is 26.0. The van der Waals surface area contributed by atoms with Crippen molar-refractivity contribution in [1.82, 2.24) is 9.97 Å². The molecular weight excluding hydrogens is 877 g/mol. The maximum atomic E-state index is 11.7. The van der Waals surface area contributed by atoms with Crippen LogP contribution in [0, 0.1) is 23.3 Å². The molecule has 5 aromatic rings. The molecule has 4 nitrogen and oxygen atoms in total. The summed E-state index contributed by atoms with van der Waals surface area (Å²) in [5.41, 5.74) is 5.23. The zero-order chi connectivity index (χ0) is 38.3. The monoisotopic (exact) mass is 940 g/mol. The molecule has 2 aromatic heterocycles. The molecule has 0 saturated heterocycles. The number of nitrogens with zero attached hydrogens (tertiary/aromatic N) is 2. The molecule has 2 heterocycles. The number of hydrogen-bond donors (Lipinski definition) is 1. The van der Waals surface area contributed by atoms with Crippen molar-refractivity contribution >= 4 is 61.5 Å². The van der Waals surface area contributed by atoms with E-state index < -0.39 is 8.07 Å². The van der Waals surface area contributed by atoms with Crippen LogP contribution >= 0.6 is 11.3 Å². The Morgan fingerprint density at radius 2 is 1.52 bits per heavy atom. The predicted molar refractivity (Wildman–Crippen MR) is 232 cm³/mol. The maximum absolute atomic E-state index is 11.7. The van der Waals surface area contributed by atoms with Crippen LogP contribution in [0.2, 0.25) is 18.1 Å². The summed E-state index contributed by atoms with van der Waals surface area (Å²) in [5.74, 6) is 1.22. The van der Waals surface area contributed by atoms with Crippen molar-refractivity contribution in [2.24, 2.45) is 17.3 Å². The third-order valence-electron chi connectivity index (χ3n) is 12.8. The van der Waals surface area contributed by atoms with E-state index in [0.29, 0.717) is 11.3 Å². The molecule has 1 fully saturated rings. The average Bonchev–Trinajstić information content (AvgIpc) is 3.55. The SMILES string of the molecule is CCC(CC)C(=O)/C=C(\O)C(CC)CC.CC[Si](CC)(CC)c1cc(-c2ncnc3c2sc2cc(C4CCC(C)(C)CC4)ccc23)[c-]c2ccccc12.[Ir]. The Morgan fingerprint density at radius 1 is 0.889 bits per heavy atom. The Labute approximate surface area is 344 Å². The van der Waals surface area contributed by atoms with E-state index in [1.165, 1.54) is 81.0 Å². The quantitative estimate of drug-likeness (QED) is 0.0553. The Kier molecular flexibility index (Phi) is 15.8. The number of hydrogen-bond acceptors (Lipinski definition) is 5. The number of aliphatic hydroxyl groups is 1. The Morgan fingerprint density at radius 3 is 2.13 bits per heavy atom. The number of thiophene rings is 1. The van der Waals surface area contributed by atoms with E-state index in [1.54, 1.807) is 11.5 Å². The van der Waals surface area contributed by atoms with Gasteiger partial charge in [0.1, 0.15) is 6.33 Å². The number of ketones is 1. The molecule has 0 bridgehead atoms. The van der Waals surface area contributed by atoms with Gasteiger partial charge in [-0.05, 0) is 74.3 Å². The number of carbonyl (C=O) groups is 1. The van der Waals surface area contributed by atoms with Crippen molar-refractivity contribution in [2.45, 2.75) is 138 Å². The molecule has 1 aliphatic rings. The Hall–Kier alpha value is -2.70.